The summed E-state index contributed by atoms with van der Waals surface area (Å²) in [6.45, 7) is 5.16. The van der Waals surface area contributed by atoms with Gasteiger partial charge in [0, 0.05) is 35.3 Å². The summed E-state index contributed by atoms with van der Waals surface area (Å²) in [4.78, 5) is 1.96. The van der Waals surface area contributed by atoms with E-state index in [-0.39, 0.29) is 5.37 Å². The second-order valence-electron chi connectivity index (χ2n) is 3.35. The Morgan fingerprint density at radius 2 is 2.36 bits per heavy atom. The molecule has 1 saturated heterocycles. The minimum Gasteiger partial charge on any atom is -0.281 e. The highest BCUT2D eigenvalue weighted by Gasteiger charge is 2.30. The second kappa shape index (κ2) is 5.01. The van der Waals surface area contributed by atoms with Crippen LogP contribution in [0.5, 0.6) is 0 Å². The van der Waals surface area contributed by atoms with Gasteiger partial charge in [-0.05, 0) is 0 Å². The van der Waals surface area contributed by atoms with Crippen LogP contribution in [0.15, 0.2) is 11.1 Å². The topological polar surface area (TPSA) is 37.4 Å². The lowest BCUT2D eigenvalue weighted by atomic mass is 10.4. The maximum absolute atomic E-state index is 11.5. The molecule has 0 aliphatic carbocycles. The Bertz CT molecular complexity index is 315. The van der Waals surface area contributed by atoms with Crippen LogP contribution in [0.3, 0.4) is 0 Å². The van der Waals surface area contributed by atoms with Crippen molar-refractivity contribution in [1.82, 2.24) is 4.90 Å². The Labute approximate surface area is 98.0 Å². The van der Waals surface area contributed by atoms with Crippen LogP contribution in [-0.4, -0.2) is 49.5 Å². The van der Waals surface area contributed by atoms with E-state index in [0.717, 1.165) is 16.8 Å². The van der Waals surface area contributed by atoms with Crippen molar-refractivity contribution in [2.45, 2.75) is 5.37 Å². The van der Waals surface area contributed by atoms with E-state index in [0.29, 0.717) is 12.3 Å². The summed E-state index contributed by atoms with van der Waals surface area (Å²) in [7, 11) is -2.98. The third-order valence-electron chi connectivity index (χ3n) is 2.06. The van der Waals surface area contributed by atoms with Crippen LogP contribution in [-0.2, 0) is 9.84 Å². The molecule has 14 heavy (non-hydrogen) atoms. The first kappa shape index (κ1) is 12.5. The fourth-order valence-corrected chi connectivity index (χ4v) is 4.67. The van der Waals surface area contributed by atoms with Gasteiger partial charge in [0.1, 0.15) is 5.37 Å². The van der Waals surface area contributed by atoms with Gasteiger partial charge < -0.3 is 0 Å². The molecule has 6 heteroatoms. The largest absolute Gasteiger partial charge is 0.281 e. The highest BCUT2D eigenvalue weighted by Crippen LogP contribution is 2.21. The number of nitrogens with zero attached hydrogens (tertiary/aromatic N) is 1. The molecular weight excluding hydrogens is 286 g/mol. The summed E-state index contributed by atoms with van der Waals surface area (Å²) in [6.07, 6.45) is 1.30. The number of halogens is 1. The third kappa shape index (κ3) is 3.56. The minimum atomic E-state index is -2.98. The van der Waals surface area contributed by atoms with E-state index in [1.807, 2.05) is 4.90 Å². The number of rotatable bonds is 3. The molecule has 1 aliphatic heterocycles. The van der Waals surface area contributed by atoms with Crippen molar-refractivity contribution in [3.05, 3.63) is 11.1 Å². The lowest BCUT2D eigenvalue weighted by Crippen LogP contribution is -2.47. The maximum atomic E-state index is 11.5. The zero-order valence-corrected chi connectivity index (χ0v) is 11.3. The molecule has 0 aromatic heterocycles. The minimum absolute atomic E-state index is 0.351. The number of hydrogen-bond acceptors (Lipinski definition) is 4. The van der Waals surface area contributed by atoms with Crippen LogP contribution in [0.4, 0.5) is 0 Å². The number of thioether (sulfide) groups is 1. The van der Waals surface area contributed by atoms with Gasteiger partial charge in [0.25, 0.3) is 0 Å². The lowest BCUT2D eigenvalue weighted by Gasteiger charge is -2.33. The van der Waals surface area contributed by atoms with Gasteiger partial charge in [-0.2, -0.15) is 11.8 Å². The monoisotopic (exact) mass is 299 g/mol. The Morgan fingerprint density at radius 3 is 2.86 bits per heavy atom. The molecule has 1 aliphatic rings. The molecule has 1 heterocycles. The molecule has 0 radical (unpaired) electrons. The van der Waals surface area contributed by atoms with Crippen molar-refractivity contribution < 1.29 is 8.42 Å². The average molecular weight is 300 g/mol. The summed E-state index contributed by atoms with van der Waals surface area (Å²) < 4.78 is 23.8. The van der Waals surface area contributed by atoms with E-state index < -0.39 is 9.84 Å². The van der Waals surface area contributed by atoms with Crippen molar-refractivity contribution in [2.75, 3.05) is 30.9 Å². The lowest BCUT2D eigenvalue weighted by molar-refractivity contribution is 0.298. The summed E-state index contributed by atoms with van der Waals surface area (Å²) in [6, 6.07) is 0. The normalized spacial score (nSPS) is 24.9. The predicted octanol–water partition coefficient (Wildman–Crippen LogP) is 1.31. The van der Waals surface area contributed by atoms with E-state index in [1.165, 1.54) is 6.26 Å². The van der Waals surface area contributed by atoms with E-state index in [2.05, 4.69) is 22.5 Å². The number of hydrogen-bond donors (Lipinski definition) is 0. The molecule has 0 aromatic rings. The Morgan fingerprint density at radius 1 is 1.71 bits per heavy atom. The van der Waals surface area contributed by atoms with Gasteiger partial charge in [0.15, 0.2) is 9.84 Å². The number of sulfone groups is 1. The predicted molar refractivity (Wildman–Crippen MR) is 65.6 cm³/mol. The SMILES string of the molecule is C=C(Br)CN1CCSCC1S(C)(=O)=O. The molecule has 0 spiro atoms. The van der Waals surface area contributed by atoms with Crippen molar-refractivity contribution in [2.24, 2.45) is 0 Å². The Hall–Kier alpha value is 0.480. The molecule has 0 saturated carbocycles. The van der Waals surface area contributed by atoms with Crippen molar-refractivity contribution >= 4 is 37.5 Å². The van der Waals surface area contributed by atoms with Crippen molar-refractivity contribution in [3.8, 4) is 0 Å². The van der Waals surface area contributed by atoms with E-state index in [4.69, 9.17) is 0 Å². The Kier molecular flexibility index (Phi) is 4.49. The van der Waals surface area contributed by atoms with E-state index in [9.17, 15) is 8.42 Å². The molecule has 0 aromatic carbocycles. The first-order valence-corrected chi connectivity index (χ1v) is 8.15. The molecule has 3 nitrogen and oxygen atoms in total. The van der Waals surface area contributed by atoms with Gasteiger partial charge in [-0.3, -0.25) is 4.90 Å². The molecular formula is C8H14BrNO2S2. The summed E-state index contributed by atoms with van der Waals surface area (Å²) in [5, 5.41) is -0.351. The second-order valence-corrected chi connectivity index (χ2v) is 7.82. The maximum Gasteiger partial charge on any atom is 0.164 e. The third-order valence-corrected chi connectivity index (χ3v) is 5.00. The molecule has 82 valence electrons. The summed E-state index contributed by atoms with van der Waals surface area (Å²) in [5.74, 6) is 1.66. The molecule has 1 unspecified atom stereocenters. The zero-order chi connectivity index (χ0) is 10.8. The fourth-order valence-electron chi connectivity index (χ4n) is 1.41. The molecule has 0 amide bonds. The summed E-state index contributed by atoms with van der Waals surface area (Å²) in [5.41, 5.74) is 0. The fraction of sp³-hybridized carbons (Fsp3) is 0.750. The molecule has 1 rings (SSSR count). The average Bonchev–Trinajstić information content (AvgIpc) is 2.01. The highest BCUT2D eigenvalue weighted by molar-refractivity contribution is 9.11. The van der Waals surface area contributed by atoms with Crippen molar-refractivity contribution in [1.29, 1.82) is 0 Å². The first-order valence-electron chi connectivity index (χ1n) is 4.25. The summed E-state index contributed by atoms with van der Waals surface area (Å²) >= 11 is 4.96. The van der Waals surface area contributed by atoms with Gasteiger partial charge in [0.2, 0.25) is 0 Å². The van der Waals surface area contributed by atoms with Gasteiger partial charge >= 0.3 is 0 Å². The van der Waals surface area contributed by atoms with Crippen LogP contribution in [0, 0.1) is 0 Å². The standard InChI is InChI=1S/C8H14BrNO2S2/c1-7(9)5-10-3-4-13-6-8(10)14(2,11)12/h8H,1,3-6H2,2H3. The van der Waals surface area contributed by atoms with Crippen LogP contribution in [0.25, 0.3) is 0 Å². The highest BCUT2D eigenvalue weighted by atomic mass is 79.9. The van der Waals surface area contributed by atoms with E-state index >= 15 is 0 Å². The van der Waals surface area contributed by atoms with Crippen LogP contribution in [0.1, 0.15) is 0 Å². The quantitative estimate of drug-likeness (QED) is 0.788. The molecule has 1 atom stereocenters. The van der Waals surface area contributed by atoms with E-state index in [1.54, 1.807) is 11.8 Å². The van der Waals surface area contributed by atoms with Gasteiger partial charge in [-0.25, -0.2) is 8.42 Å². The van der Waals surface area contributed by atoms with Gasteiger partial charge in [-0.15, -0.1) is 0 Å². The van der Waals surface area contributed by atoms with Gasteiger partial charge in [-0.1, -0.05) is 22.5 Å². The van der Waals surface area contributed by atoms with Crippen LogP contribution < -0.4 is 0 Å². The molecule has 1 fully saturated rings. The smallest absolute Gasteiger partial charge is 0.164 e. The molecule has 0 N–H and O–H groups in total. The van der Waals surface area contributed by atoms with Crippen molar-refractivity contribution in [3.63, 3.8) is 0 Å². The van der Waals surface area contributed by atoms with Crippen LogP contribution >= 0.6 is 27.7 Å². The van der Waals surface area contributed by atoms with Gasteiger partial charge in [0.05, 0.1) is 0 Å². The van der Waals surface area contributed by atoms with Crippen LogP contribution in [0.2, 0.25) is 0 Å². The Balaban J connectivity index is 2.74. The molecule has 0 bridgehead atoms. The first-order chi connectivity index (χ1) is 6.41. The zero-order valence-electron chi connectivity index (χ0n) is 8.07.